The van der Waals surface area contributed by atoms with Gasteiger partial charge in [0.05, 0.1) is 24.3 Å². The standard InChI is InChI=1S/C22H24F3N3O2S/c1-15-11-18(16(2)27(15)9-10-30-3)20(29)13-31-21-26-12-19(17-7-5-4-6-8-17)28(21)14-22(23,24)25/h4-8,11-12H,9-10,13-14H2,1-3H3. The summed E-state index contributed by atoms with van der Waals surface area (Å²) in [5, 5.41) is 0.165. The molecule has 2 aromatic heterocycles. The number of hydrogen-bond donors (Lipinski definition) is 0. The first kappa shape index (κ1) is 23.1. The number of halogens is 3. The van der Waals surface area contributed by atoms with Gasteiger partial charge < -0.3 is 13.9 Å². The average molecular weight is 452 g/mol. The van der Waals surface area contributed by atoms with Crippen molar-refractivity contribution in [2.24, 2.45) is 0 Å². The molecule has 5 nitrogen and oxygen atoms in total. The van der Waals surface area contributed by atoms with Gasteiger partial charge in [-0.3, -0.25) is 4.79 Å². The molecule has 0 radical (unpaired) electrons. The summed E-state index contributed by atoms with van der Waals surface area (Å²) in [6, 6.07) is 10.6. The molecule has 166 valence electrons. The van der Waals surface area contributed by atoms with Crippen molar-refractivity contribution < 1.29 is 22.7 Å². The minimum absolute atomic E-state index is 0.00231. The van der Waals surface area contributed by atoms with Gasteiger partial charge in [0.25, 0.3) is 0 Å². The van der Waals surface area contributed by atoms with Crippen molar-refractivity contribution in [2.45, 2.75) is 38.3 Å². The summed E-state index contributed by atoms with van der Waals surface area (Å²) in [5.41, 5.74) is 3.33. The predicted molar refractivity (Wildman–Crippen MR) is 115 cm³/mol. The van der Waals surface area contributed by atoms with Gasteiger partial charge in [0, 0.05) is 30.6 Å². The zero-order valence-corrected chi connectivity index (χ0v) is 18.4. The van der Waals surface area contributed by atoms with Gasteiger partial charge in [-0.25, -0.2) is 4.98 Å². The highest BCUT2D eigenvalue weighted by Gasteiger charge is 2.31. The zero-order chi connectivity index (χ0) is 22.6. The predicted octanol–water partition coefficient (Wildman–Crippen LogP) is 5.15. The molecular weight excluding hydrogens is 427 g/mol. The number of carbonyl (C=O) groups excluding carboxylic acids is 1. The topological polar surface area (TPSA) is 49.1 Å². The van der Waals surface area contributed by atoms with Gasteiger partial charge in [-0.1, -0.05) is 42.1 Å². The van der Waals surface area contributed by atoms with Crippen molar-refractivity contribution in [2.75, 3.05) is 19.5 Å². The highest BCUT2D eigenvalue weighted by atomic mass is 32.2. The number of carbonyl (C=O) groups is 1. The minimum Gasteiger partial charge on any atom is -0.383 e. The first-order valence-corrected chi connectivity index (χ1v) is 10.7. The van der Waals surface area contributed by atoms with Gasteiger partial charge in [0.2, 0.25) is 0 Å². The molecule has 0 saturated carbocycles. The quantitative estimate of drug-likeness (QED) is 0.333. The van der Waals surface area contributed by atoms with Crippen LogP contribution in [0.2, 0.25) is 0 Å². The van der Waals surface area contributed by atoms with E-state index in [-0.39, 0.29) is 16.7 Å². The van der Waals surface area contributed by atoms with Gasteiger partial charge >= 0.3 is 6.18 Å². The zero-order valence-electron chi connectivity index (χ0n) is 17.6. The van der Waals surface area contributed by atoms with E-state index in [1.807, 2.05) is 24.5 Å². The lowest BCUT2D eigenvalue weighted by molar-refractivity contribution is -0.141. The number of nitrogens with zero attached hydrogens (tertiary/aromatic N) is 3. The van der Waals surface area contributed by atoms with Crippen LogP contribution in [0.5, 0.6) is 0 Å². The molecule has 0 aliphatic heterocycles. The number of aromatic nitrogens is 3. The lowest BCUT2D eigenvalue weighted by Crippen LogP contribution is -2.19. The third-order valence-corrected chi connectivity index (χ3v) is 5.94. The van der Waals surface area contributed by atoms with Gasteiger partial charge in [-0.2, -0.15) is 13.2 Å². The molecule has 0 unspecified atom stereocenters. The van der Waals surface area contributed by atoms with Crippen molar-refractivity contribution in [3.8, 4) is 11.3 Å². The molecule has 1 aromatic carbocycles. The lowest BCUT2D eigenvalue weighted by Gasteiger charge is -2.14. The molecule has 2 heterocycles. The molecule has 0 aliphatic rings. The second-order valence-electron chi connectivity index (χ2n) is 7.13. The summed E-state index contributed by atoms with van der Waals surface area (Å²) < 4.78 is 47.9. The van der Waals surface area contributed by atoms with Crippen LogP contribution in [0, 0.1) is 13.8 Å². The second kappa shape index (κ2) is 9.74. The van der Waals surface area contributed by atoms with Crippen molar-refractivity contribution >= 4 is 17.5 Å². The Morgan fingerprint density at radius 1 is 1.16 bits per heavy atom. The molecule has 0 N–H and O–H groups in total. The van der Waals surface area contributed by atoms with E-state index in [0.29, 0.717) is 30.0 Å². The van der Waals surface area contributed by atoms with E-state index in [1.165, 1.54) is 6.20 Å². The SMILES string of the molecule is COCCn1c(C)cc(C(=O)CSc2ncc(-c3ccccc3)n2CC(F)(F)F)c1C. The van der Waals surface area contributed by atoms with Crippen LogP contribution in [0.25, 0.3) is 11.3 Å². The number of methoxy groups -OCH3 is 1. The molecule has 0 amide bonds. The molecular formula is C22H24F3N3O2S. The lowest BCUT2D eigenvalue weighted by atomic mass is 10.2. The fraction of sp³-hybridized carbons (Fsp3) is 0.364. The molecule has 0 atom stereocenters. The van der Waals surface area contributed by atoms with Crippen LogP contribution in [0.4, 0.5) is 13.2 Å². The highest BCUT2D eigenvalue weighted by molar-refractivity contribution is 7.99. The Labute approximate surface area is 183 Å². The molecule has 0 saturated heterocycles. The normalized spacial score (nSPS) is 11.8. The van der Waals surface area contributed by atoms with Crippen molar-refractivity contribution in [1.82, 2.24) is 14.1 Å². The Morgan fingerprint density at radius 2 is 1.87 bits per heavy atom. The monoisotopic (exact) mass is 451 g/mol. The smallest absolute Gasteiger partial charge is 0.383 e. The minimum atomic E-state index is -4.41. The van der Waals surface area contributed by atoms with Crippen LogP contribution in [0.1, 0.15) is 21.7 Å². The molecule has 31 heavy (non-hydrogen) atoms. The van der Waals surface area contributed by atoms with Crippen LogP contribution < -0.4 is 0 Å². The van der Waals surface area contributed by atoms with Crippen LogP contribution in [0.3, 0.4) is 0 Å². The fourth-order valence-electron chi connectivity index (χ4n) is 3.46. The number of imidazole rings is 1. The van der Waals surface area contributed by atoms with Gasteiger partial charge in [-0.05, 0) is 25.5 Å². The van der Waals surface area contributed by atoms with E-state index in [2.05, 4.69) is 4.98 Å². The summed E-state index contributed by atoms with van der Waals surface area (Å²) in [7, 11) is 1.61. The first-order valence-electron chi connectivity index (χ1n) is 9.70. The summed E-state index contributed by atoms with van der Waals surface area (Å²) in [4.78, 5) is 17.0. The summed E-state index contributed by atoms with van der Waals surface area (Å²) in [6.07, 6.45) is -2.99. The summed E-state index contributed by atoms with van der Waals surface area (Å²) >= 11 is 1.02. The molecule has 0 aliphatic carbocycles. The molecule has 3 rings (SSSR count). The van der Waals surface area contributed by atoms with E-state index < -0.39 is 12.7 Å². The molecule has 0 fully saturated rings. The van der Waals surface area contributed by atoms with Crippen LogP contribution in [0.15, 0.2) is 47.8 Å². The number of hydrogen-bond acceptors (Lipinski definition) is 4. The van der Waals surface area contributed by atoms with E-state index >= 15 is 0 Å². The maximum Gasteiger partial charge on any atom is 0.406 e. The molecule has 3 aromatic rings. The Kier molecular flexibility index (Phi) is 7.27. The van der Waals surface area contributed by atoms with E-state index in [9.17, 15) is 18.0 Å². The number of ketones is 1. The second-order valence-corrected chi connectivity index (χ2v) is 8.08. The van der Waals surface area contributed by atoms with Gasteiger partial charge in [0.15, 0.2) is 10.9 Å². The maximum absolute atomic E-state index is 13.2. The Bertz CT molecular complexity index is 1040. The molecule has 0 spiro atoms. The molecule has 9 heteroatoms. The Hall–Kier alpha value is -2.52. The number of alkyl halides is 3. The summed E-state index contributed by atoms with van der Waals surface area (Å²) in [6.45, 7) is 3.76. The Balaban J connectivity index is 1.82. The highest BCUT2D eigenvalue weighted by Crippen LogP contribution is 2.30. The molecule has 0 bridgehead atoms. The number of aryl methyl sites for hydroxylation is 1. The van der Waals surface area contributed by atoms with E-state index in [0.717, 1.165) is 27.7 Å². The van der Waals surface area contributed by atoms with Crippen LogP contribution in [-0.4, -0.2) is 45.5 Å². The van der Waals surface area contributed by atoms with Gasteiger partial charge in [0.1, 0.15) is 6.54 Å². The number of rotatable bonds is 9. The largest absolute Gasteiger partial charge is 0.406 e. The van der Waals surface area contributed by atoms with E-state index in [4.69, 9.17) is 4.74 Å². The average Bonchev–Trinajstić information content (AvgIpc) is 3.24. The Morgan fingerprint density at radius 3 is 2.52 bits per heavy atom. The van der Waals surface area contributed by atoms with Crippen molar-refractivity contribution in [1.29, 1.82) is 0 Å². The number of Topliss-reactive ketones (excluding diaryl/α,β-unsaturated/α-hetero) is 1. The van der Waals surface area contributed by atoms with Crippen molar-refractivity contribution in [3.63, 3.8) is 0 Å². The number of thioether (sulfide) groups is 1. The van der Waals surface area contributed by atoms with Gasteiger partial charge in [-0.15, -0.1) is 0 Å². The van der Waals surface area contributed by atoms with Crippen molar-refractivity contribution in [3.05, 3.63) is 59.5 Å². The number of ether oxygens (including phenoxy) is 1. The van der Waals surface area contributed by atoms with Crippen LogP contribution in [-0.2, 0) is 17.8 Å². The first-order chi connectivity index (χ1) is 14.7. The number of benzene rings is 1. The third-order valence-electron chi connectivity index (χ3n) is 4.95. The van der Waals surface area contributed by atoms with Crippen LogP contribution >= 0.6 is 11.8 Å². The fourth-order valence-corrected chi connectivity index (χ4v) is 4.32. The third kappa shape index (κ3) is 5.59. The van der Waals surface area contributed by atoms with E-state index in [1.54, 1.807) is 37.4 Å². The summed E-state index contributed by atoms with van der Waals surface area (Å²) in [5.74, 6) is -0.151. The maximum atomic E-state index is 13.2.